The van der Waals surface area contributed by atoms with Gasteiger partial charge in [0.1, 0.15) is 18.2 Å². The van der Waals surface area contributed by atoms with Gasteiger partial charge in [0.15, 0.2) is 0 Å². The average molecular weight is 329 g/mol. The van der Waals surface area contributed by atoms with E-state index in [1.807, 2.05) is 48.5 Å². The zero-order chi connectivity index (χ0) is 16.9. The number of ether oxygens (including phenoxy) is 2. The van der Waals surface area contributed by atoms with E-state index in [0.717, 1.165) is 35.1 Å². The number of hydrogen-bond acceptors (Lipinski definition) is 6. The van der Waals surface area contributed by atoms with Crippen molar-refractivity contribution in [3.05, 3.63) is 53.7 Å². The summed E-state index contributed by atoms with van der Waals surface area (Å²) in [5, 5.41) is 12.9. The maximum absolute atomic E-state index is 8.80. The van der Waals surface area contributed by atoms with Crippen LogP contribution in [0.2, 0.25) is 0 Å². The van der Waals surface area contributed by atoms with Gasteiger partial charge in [0, 0.05) is 13.1 Å². The maximum Gasteiger partial charge on any atom is 0.208 e. The Bertz CT molecular complexity index is 665. The van der Waals surface area contributed by atoms with Crippen molar-refractivity contribution >= 4 is 5.71 Å². The Balaban J connectivity index is 1.71. The molecule has 0 atom stereocenters. The summed E-state index contributed by atoms with van der Waals surface area (Å²) in [6, 6.07) is 7.78. The van der Waals surface area contributed by atoms with Gasteiger partial charge in [-0.2, -0.15) is 0 Å². The molecule has 1 aromatic rings. The van der Waals surface area contributed by atoms with Crippen LogP contribution in [0.1, 0.15) is 18.9 Å². The summed E-state index contributed by atoms with van der Waals surface area (Å²) in [6.07, 6.45) is 4.92. The number of aliphatic hydroxyl groups excluding tert-OH is 1. The fraction of sp³-hybridized carbons (Fsp3) is 0.389. The normalized spacial score (nSPS) is 16.4. The number of benzene rings is 1. The number of hydrogen-bond donors (Lipinski definition) is 1. The van der Waals surface area contributed by atoms with Gasteiger partial charge in [-0.1, -0.05) is 6.92 Å². The highest BCUT2D eigenvalue weighted by Crippen LogP contribution is 2.27. The molecule has 128 valence electrons. The van der Waals surface area contributed by atoms with Gasteiger partial charge in [0.05, 0.1) is 25.5 Å². The third-order valence-electron chi connectivity index (χ3n) is 3.87. The number of aliphatic hydroxyl groups is 1. The van der Waals surface area contributed by atoms with E-state index in [9.17, 15) is 0 Å². The zero-order valence-corrected chi connectivity index (χ0v) is 14.1. The predicted molar refractivity (Wildman–Crippen MR) is 92.4 cm³/mol. The lowest BCUT2D eigenvalue weighted by molar-refractivity contribution is 0.00534. The summed E-state index contributed by atoms with van der Waals surface area (Å²) >= 11 is 0. The molecule has 0 bridgehead atoms. The summed E-state index contributed by atoms with van der Waals surface area (Å²) in [6.45, 7) is 3.81. The molecule has 1 N–H and O–H groups in total. The van der Waals surface area contributed by atoms with Crippen molar-refractivity contribution in [2.75, 3.05) is 33.4 Å². The quantitative estimate of drug-likeness (QED) is 0.830. The lowest BCUT2D eigenvalue weighted by Gasteiger charge is -2.34. The van der Waals surface area contributed by atoms with E-state index in [1.165, 1.54) is 0 Å². The number of fused-ring (bicyclic) bond motifs is 1. The number of rotatable bonds is 7. The van der Waals surface area contributed by atoms with Crippen LogP contribution in [-0.4, -0.2) is 54.2 Å². The van der Waals surface area contributed by atoms with Gasteiger partial charge in [0.25, 0.3) is 0 Å². The van der Waals surface area contributed by atoms with E-state index in [1.54, 1.807) is 0 Å². The van der Waals surface area contributed by atoms with Crippen molar-refractivity contribution in [2.45, 2.75) is 13.3 Å². The first kappa shape index (κ1) is 16.4. The van der Waals surface area contributed by atoms with Crippen LogP contribution in [0.4, 0.5) is 0 Å². The largest absolute Gasteiger partial charge is 0.491 e. The summed E-state index contributed by atoms with van der Waals surface area (Å²) in [5.74, 6) is 2.50. The minimum absolute atomic E-state index is 0.0132. The van der Waals surface area contributed by atoms with Gasteiger partial charge in [0.2, 0.25) is 5.88 Å². The molecule has 6 nitrogen and oxygen atoms in total. The van der Waals surface area contributed by atoms with Gasteiger partial charge in [-0.3, -0.25) is 10.0 Å². The van der Waals surface area contributed by atoms with Crippen molar-refractivity contribution in [3.63, 3.8) is 0 Å². The van der Waals surface area contributed by atoms with Crippen LogP contribution in [0, 0.1) is 0 Å². The minimum atomic E-state index is 0.0132. The molecule has 0 aliphatic carbocycles. The van der Waals surface area contributed by atoms with E-state index in [4.69, 9.17) is 19.6 Å². The van der Waals surface area contributed by atoms with E-state index >= 15 is 0 Å². The highest BCUT2D eigenvalue weighted by Gasteiger charge is 2.28. The second kappa shape index (κ2) is 7.40. The highest BCUT2D eigenvalue weighted by atomic mass is 16.5. The first-order valence-corrected chi connectivity index (χ1v) is 8.20. The van der Waals surface area contributed by atoms with Crippen LogP contribution in [0.25, 0.3) is 0 Å². The molecule has 0 unspecified atom stereocenters. The van der Waals surface area contributed by atoms with Crippen LogP contribution < -0.4 is 4.74 Å². The zero-order valence-electron chi connectivity index (χ0n) is 14.1. The molecular weight excluding hydrogens is 306 g/mol. The van der Waals surface area contributed by atoms with Crippen molar-refractivity contribution < 1.29 is 14.6 Å². The Morgan fingerprint density at radius 2 is 1.92 bits per heavy atom. The van der Waals surface area contributed by atoms with Crippen LogP contribution in [-0.2, 0) is 4.74 Å². The Morgan fingerprint density at radius 3 is 2.62 bits per heavy atom. The topological polar surface area (TPSA) is 57.5 Å². The third-order valence-corrected chi connectivity index (χ3v) is 3.87. The standard InChI is InChI=1S/C18H23N3O3/c1-3-11-24-18-9-8-17-19-16(13-21(17)20(18)2)14-4-6-15(7-5-14)23-12-10-22/h4-9,22H,3,10-13H2,1-2H3. The number of nitrogens with zero attached hydrogens (tertiary/aromatic N) is 3. The molecular formula is C18H23N3O3. The average Bonchev–Trinajstić information content (AvgIpc) is 3.05. The first-order chi connectivity index (χ1) is 11.7. The second-order valence-corrected chi connectivity index (χ2v) is 5.61. The molecule has 0 fully saturated rings. The molecule has 0 saturated heterocycles. The predicted octanol–water partition coefficient (Wildman–Crippen LogP) is 2.13. The Morgan fingerprint density at radius 1 is 1.12 bits per heavy atom. The molecule has 0 radical (unpaired) electrons. The van der Waals surface area contributed by atoms with Gasteiger partial charge in [-0.05, 0) is 42.3 Å². The molecule has 0 spiro atoms. The van der Waals surface area contributed by atoms with Gasteiger partial charge in [-0.25, -0.2) is 4.99 Å². The summed E-state index contributed by atoms with van der Waals surface area (Å²) in [4.78, 5) is 4.72. The van der Waals surface area contributed by atoms with Crippen LogP contribution >= 0.6 is 0 Å². The van der Waals surface area contributed by atoms with Crippen LogP contribution in [0.15, 0.2) is 53.1 Å². The third kappa shape index (κ3) is 3.38. The summed E-state index contributed by atoms with van der Waals surface area (Å²) < 4.78 is 11.2. The fourth-order valence-corrected chi connectivity index (χ4v) is 2.62. The molecule has 0 saturated carbocycles. The SMILES string of the molecule is CCCOC1=CC=C2N=C(c3ccc(OCCO)cc3)CN2N1C. The molecule has 24 heavy (non-hydrogen) atoms. The summed E-state index contributed by atoms with van der Waals surface area (Å²) in [5.41, 5.74) is 2.07. The van der Waals surface area contributed by atoms with Crippen molar-refractivity contribution in [2.24, 2.45) is 4.99 Å². The van der Waals surface area contributed by atoms with Crippen LogP contribution in [0.3, 0.4) is 0 Å². The Hall–Kier alpha value is -2.47. The monoisotopic (exact) mass is 329 g/mol. The van der Waals surface area contributed by atoms with Gasteiger partial charge in [-0.15, -0.1) is 0 Å². The van der Waals surface area contributed by atoms with Crippen molar-refractivity contribution in [1.29, 1.82) is 0 Å². The Kier molecular flexibility index (Phi) is 5.05. The minimum Gasteiger partial charge on any atom is -0.491 e. The number of allylic oxidation sites excluding steroid dienone is 2. The van der Waals surface area contributed by atoms with Gasteiger partial charge < -0.3 is 14.6 Å². The second-order valence-electron chi connectivity index (χ2n) is 5.61. The molecule has 0 amide bonds. The molecule has 2 aliphatic heterocycles. The molecule has 0 aromatic heterocycles. The smallest absolute Gasteiger partial charge is 0.208 e. The van der Waals surface area contributed by atoms with E-state index in [2.05, 4.69) is 11.9 Å². The lowest BCUT2D eigenvalue weighted by Crippen LogP contribution is -2.40. The fourth-order valence-electron chi connectivity index (χ4n) is 2.62. The van der Waals surface area contributed by atoms with Crippen LogP contribution in [0.5, 0.6) is 5.75 Å². The van der Waals surface area contributed by atoms with E-state index in [0.29, 0.717) is 19.8 Å². The van der Waals surface area contributed by atoms with Crippen molar-refractivity contribution in [3.8, 4) is 5.75 Å². The lowest BCUT2D eigenvalue weighted by atomic mass is 10.1. The van der Waals surface area contributed by atoms with Crippen molar-refractivity contribution in [1.82, 2.24) is 10.0 Å². The molecule has 2 aliphatic rings. The van der Waals surface area contributed by atoms with Gasteiger partial charge >= 0.3 is 0 Å². The maximum atomic E-state index is 8.80. The van der Waals surface area contributed by atoms with E-state index < -0.39 is 0 Å². The highest BCUT2D eigenvalue weighted by molar-refractivity contribution is 6.04. The molecule has 2 heterocycles. The molecule has 6 heteroatoms. The first-order valence-electron chi connectivity index (χ1n) is 8.20. The number of hydrazine groups is 1. The summed E-state index contributed by atoms with van der Waals surface area (Å²) in [7, 11) is 1.98. The Labute approximate surface area is 142 Å². The molecule has 1 aromatic carbocycles. The number of aliphatic imine (C=N–C) groups is 1. The van der Waals surface area contributed by atoms with E-state index in [-0.39, 0.29) is 6.61 Å². The molecule has 3 rings (SSSR count).